The van der Waals surface area contributed by atoms with Crippen LogP contribution in [0.1, 0.15) is 18.4 Å². The van der Waals surface area contributed by atoms with Crippen LogP contribution in [0.2, 0.25) is 0 Å². The first-order valence-corrected chi connectivity index (χ1v) is 8.08. The molecular weight excluding hydrogens is 334 g/mol. The predicted molar refractivity (Wildman–Crippen MR) is 73.4 cm³/mol. The molecule has 1 saturated heterocycles. The van der Waals surface area contributed by atoms with Crippen LogP contribution in [-0.2, 0) is 14.8 Å². The second kappa shape index (κ2) is 5.22. The number of nitrogens with zero attached hydrogens (tertiary/aromatic N) is 1. The Morgan fingerprint density at radius 3 is 2.74 bits per heavy atom. The summed E-state index contributed by atoms with van der Waals surface area (Å²) in [6.45, 7) is 2.11. The Morgan fingerprint density at radius 2 is 2.16 bits per heavy atom. The van der Waals surface area contributed by atoms with Gasteiger partial charge in [-0.15, -0.1) is 0 Å². The molecule has 19 heavy (non-hydrogen) atoms. The molecular formula is C12H14BrNO4S. The van der Waals surface area contributed by atoms with Crippen molar-refractivity contribution in [3.05, 3.63) is 28.2 Å². The number of benzene rings is 1. The van der Waals surface area contributed by atoms with E-state index in [2.05, 4.69) is 15.9 Å². The van der Waals surface area contributed by atoms with Crippen LogP contribution in [0.5, 0.6) is 0 Å². The second-order valence-corrected chi connectivity index (χ2v) is 7.27. The SMILES string of the molecule is Cc1ccc(S(=O)(=O)N2CCC[C@H]2C(=O)O)cc1Br. The van der Waals surface area contributed by atoms with E-state index in [9.17, 15) is 13.2 Å². The van der Waals surface area contributed by atoms with E-state index in [1.54, 1.807) is 6.07 Å². The summed E-state index contributed by atoms with van der Waals surface area (Å²) < 4.78 is 26.7. The van der Waals surface area contributed by atoms with Gasteiger partial charge < -0.3 is 5.11 Å². The number of hydrogen-bond donors (Lipinski definition) is 1. The molecule has 1 aliphatic heterocycles. The average Bonchev–Trinajstić information content (AvgIpc) is 2.82. The second-order valence-electron chi connectivity index (χ2n) is 4.52. The monoisotopic (exact) mass is 347 g/mol. The molecule has 0 spiro atoms. The molecule has 0 aliphatic carbocycles. The normalized spacial score (nSPS) is 20.6. The Balaban J connectivity index is 2.42. The molecule has 0 saturated carbocycles. The zero-order valence-electron chi connectivity index (χ0n) is 10.3. The molecule has 7 heteroatoms. The van der Waals surface area contributed by atoms with Crippen LogP contribution in [-0.4, -0.2) is 36.4 Å². The lowest BCUT2D eigenvalue weighted by atomic mass is 10.2. The third kappa shape index (κ3) is 2.68. The standard InChI is InChI=1S/C12H14BrNO4S/c1-8-4-5-9(7-10(8)13)19(17,18)14-6-2-3-11(14)12(15)16/h4-5,7,11H,2-3,6H2,1H3,(H,15,16)/t11-/m0/s1. The number of sulfonamides is 1. The molecule has 5 nitrogen and oxygen atoms in total. The van der Waals surface area contributed by atoms with Crippen molar-refractivity contribution in [1.29, 1.82) is 0 Å². The van der Waals surface area contributed by atoms with Gasteiger partial charge in [0.15, 0.2) is 0 Å². The highest BCUT2D eigenvalue weighted by Gasteiger charge is 2.39. The van der Waals surface area contributed by atoms with Crippen molar-refractivity contribution in [2.45, 2.75) is 30.7 Å². The van der Waals surface area contributed by atoms with E-state index in [1.165, 1.54) is 12.1 Å². The lowest BCUT2D eigenvalue weighted by Crippen LogP contribution is -2.40. The molecule has 1 heterocycles. The minimum Gasteiger partial charge on any atom is -0.480 e. The van der Waals surface area contributed by atoms with Gasteiger partial charge in [0.2, 0.25) is 10.0 Å². The highest BCUT2D eigenvalue weighted by molar-refractivity contribution is 9.10. The Labute approximate surface area is 120 Å². The van der Waals surface area contributed by atoms with Crippen molar-refractivity contribution >= 4 is 31.9 Å². The van der Waals surface area contributed by atoms with Crippen LogP contribution in [0.25, 0.3) is 0 Å². The summed E-state index contributed by atoms with van der Waals surface area (Å²) in [5, 5.41) is 9.08. The summed E-state index contributed by atoms with van der Waals surface area (Å²) in [7, 11) is -3.75. The Kier molecular flexibility index (Phi) is 3.98. The van der Waals surface area contributed by atoms with Crippen LogP contribution in [0.4, 0.5) is 0 Å². The van der Waals surface area contributed by atoms with Crippen LogP contribution >= 0.6 is 15.9 Å². The van der Waals surface area contributed by atoms with Crippen molar-refractivity contribution in [3.63, 3.8) is 0 Å². The predicted octanol–water partition coefficient (Wildman–Crippen LogP) is 2.00. The van der Waals surface area contributed by atoms with Gasteiger partial charge in [-0.25, -0.2) is 8.42 Å². The largest absolute Gasteiger partial charge is 0.480 e. The highest BCUT2D eigenvalue weighted by atomic mass is 79.9. The van der Waals surface area contributed by atoms with Crippen molar-refractivity contribution in [2.75, 3.05) is 6.54 Å². The van der Waals surface area contributed by atoms with Gasteiger partial charge in [0.1, 0.15) is 6.04 Å². The summed E-state index contributed by atoms with van der Waals surface area (Å²) in [5.74, 6) is -1.09. The molecule has 104 valence electrons. The van der Waals surface area contributed by atoms with E-state index in [1.807, 2.05) is 6.92 Å². The lowest BCUT2D eigenvalue weighted by molar-refractivity contribution is -0.140. The fourth-order valence-electron chi connectivity index (χ4n) is 2.14. The molecule has 2 rings (SSSR count). The number of carbonyl (C=O) groups is 1. The smallest absolute Gasteiger partial charge is 0.322 e. The van der Waals surface area contributed by atoms with Crippen molar-refractivity contribution in [2.24, 2.45) is 0 Å². The van der Waals surface area contributed by atoms with Crippen LogP contribution < -0.4 is 0 Å². The van der Waals surface area contributed by atoms with E-state index in [0.717, 1.165) is 9.87 Å². The number of hydrogen-bond acceptors (Lipinski definition) is 3. The van der Waals surface area contributed by atoms with E-state index >= 15 is 0 Å². The molecule has 1 N–H and O–H groups in total. The maximum atomic E-state index is 12.5. The molecule has 1 aromatic rings. The average molecular weight is 348 g/mol. The topological polar surface area (TPSA) is 74.7 Å². The summed E-state index contributed by atoms with van der Waals surface area (Å²) in [6, 6.07) is 3.77. The molecule has 0 radical (unpaired) electrons. The number of halogens is 1. The molecule has 0 aromatic heterocycles. The van der Waals surface area contributed by atoms with Crippen LogP contribution in [0, 0.1) is 6.92 Å². The summed E-state index contributed by atoms with van der Waals surface area (Å²) in [4.78, 5) is 11.2. The molecule has 1 fully saturated rings. The zero-order chi connectivity index (χ0) is 14.2. The number of carboxylic acids is 1. The van der Waals surface area contributed by atoms with Crippen molar-refractivity contribution in [3.8, 4) is 0 Å². The Morgan fingerprint density at radius 1 is 1.47 bits per heavy atom. The third-order valence-corrected chi connectivity index (χ3v) is 6.00. The summed E-state index contributed by atoms with van der Waals surface area (Å²) >= 11 is 3.29. The highest BCUT2D eigenvalue weighted by Crippen LogP contribution is 2.28. The van der Waals surface area contributed by atoms with E-state index in [4.69, 9.17) is 5.11 Å². The van der Waals surface area contributed by atoms with Gasteiger partial charge in [-0.3, -0.25) is 4.79 Å². The molecule has 1 aromatic carbocycles. The van der Waals surface area contributed by atoms with Gasteiger partial charge in [0.05, 0.1) is 4.90 Å². The van der Waals surface area contributed by atoms with Crippen LogP contribution in [0.15, 0.2) is 27.6 Å². The maximum Gasteiger partial charge on any atom is 0.322 e. The lowest BCUT2D eigenvalue weighted by Gasteiger charge is -2.21. The maximum absolute atomic E-state index is 12.5. The van der Waals surface area contributed by atoms with Crippen molar-refractivity contribution < 1.29 is 18.3 Å². The minimum absolute atomic E-state index is 0.123. The Bertz CT molecular complexity index is 614. The van der Waals surface area contributed by atoms with E-state index in [-0.39, 0.29) is 11.4 Å². The first-order valence-electron chi connectivity index (χ1n) is 5.85. The zero-order valence-corrected chi connectivity index (χ0v) is 12.7. The van der Waals surface area contributed by atoms with Gasteiger partial charge in [-0.05, 0) is 37.5 Å². The molecule has 0 amide bonds. The molecule has 0 unspecified atom stereocenters. The Hall–Kier alpha value is -0.920. The van der Waals surface area contributed by atoms with Gasteiger partial charge in [-0.1, -0.05) is 22.0 Å². The summed E-state index contributed by atoms with van der Waals surface area (Å²) in [5.41, 5.74) is 0.926. The first kappa shape index (κ1) is 14.5. The third-order valence-electron chi connectivity index (χ3n) is 3.24. The number of aryl methyl sites for hydroxylation is 1. The molecule has 0 bridgehead atoms. The van der Waals surface area contributed by atoms with E-state index < -0.39 is 22.0 Å². The van der Waals surface area contributed by atoms with E-state index in [0.29, 0.717) is 17.3 Å². The van der Waals surface area contributed by atoms with Gasteiger partial charge in [0, 0.05) is 11.0 Å². The first-order chi connectivity index (χ1) is 8.84. The number of aliphatic carboxylic acids is 1. The number of carboxylic acid groups (broad SMARTS) is 1. The fourth-order valence-corrected chi connectivity index (χ4v) is 4.35. The quantitative estimate of drug-likeness (QED) is 0.907. The number of rotatable bonds is 3. The van der Waals surface area contributed by atoms with Gasteiger partial charge in [0.25, 0.3) is 0 Å². The minimum atomic E-state index is -3.75. The van der Waals surface area contributed by atoms with Gasteiger partial charge >= 0.3 is 5.97 Å². The molecule has 1 atom stereocenters. The van der Waals surface area contributed by atoms with Gasteiger partial charge in [-0.2, -0.15) is 4.31 Å². The molecule has 1 aliphatic rings. The van der Waals surface area contributed by atoms with Crippen molar-refractivity contribution in [1.82, 2.24) is 4.31 Å². The fraction of sp³-hybridized carbons (Fsp3) is 0.417. The summed E-state index contributed by atoms with van der Waals surface area (Å²) in [6.07, 6.45) is 0.935. The van der Waals surface area contributed by atoms with Crippen LogP contribution in [0.3, 0.4) is 0 Å².